The van der Waals surface area contributed by atoms with Crippen LogP contribution in [0.15, 0.2) is 66.6 Å². The zero-order chi connectivity index (χ0) is 35.9. The molecular weight excluding hydrogens is 815 g/mol. The molecule has 2 aromatic heterocycles. The molecule has 2 unspecified atom stereocenters. The smallest absolute Gasteiger partial charge is 0.164 e. The molecule has 0 saturated heterocycles. The number of carbonyl (C=O) groups is 1. The zero-order valence-electron chi connectivity index (χ0n) is 31.7. The third kappa shape index (κ3) is 7.31. The van der Waals surface area contributed by atoms with Gasteiger partial charge in [-0.05, 0) is 61.6 Å². The molecule has 0 saturated carbocycles. The van der Waals surface area contributed by atoms with Gasteiger partial charge in [0, 0.05) is 75.2 Å². The predicted molar refractivity (Wildman–Crippen MR) is 209 cm³/mol. The van der Waals surface area contributed by atoms with Gasteiger partial charge in [0.1, 0.15) is 17.6 Å². The molecule has 6 rings (SSSR count). The van der Waals surface area contributed by atoms with Gasteiger partial charge in [0.15, 0.2) is 5.78 Å². The molecule has 0 aliphatic carbocycles. The summed E-state index contributed by atoms with van der Waals surface area (Å²) in [7, 11) is 0. The van der Waals surface area contributed by atoms with Gasteiger partial charge in [-0.25, -0.2) is 0 Å². The second kappa shape index (κ2) is 15.3. The molecular formula is C44H54IrNO3S-. The van der Waals surface area contributed by atoms with Gasteiger partial charge in [0.2, 0.25) is 0 Å². The topological polar surface area (TPSA) is 59.4 Å². The summed E-state index contributed by atoms with van der Waals surface area (Å²) in [5.74, 6) is 1.69. The third-order valence-corrected chi connectivity index (χ3v) is 12.6. The maximum Gasteiger partial charge on any atom is 0.164 e. The van der Waals surface area contributed by atoms with Gasteiger partial charge in [-0.3, -0.25) is 9.78 Å². The van der Waals surface area contributed by atoms with E-state index in [0.29, 0.717) is 5.92 Å². The second-order valence-electron chi connectivity index (χ2n) is 15.4. The third-order valence-electron chi connectivity index (χ3n) is 11.5. The number of ketones is 1. The first-order valence-electron chi connectivity index (χ1n) is 18.0. The van der Waals surface area contributed by atoms with Gasteiger partial charge in [-0.1, -0.05) is 98.4 Å². The Morgan fingerprint density at radius 1 is 0.920 bits per heavy atom. The van der Waals surface area contributed by atoms with Gasteiger partial charge >= 0.3 is 0 Å². The van der Waals surface area contributed by atoms with Crippen molar-refractivity contribution in [2.24, 2.45) is 10.8 Å². The first-order valence-corrected chi connectivity index (χ1v) is 18.9. The van der Waals surface area contributed by atoms with Crippen molar-refractivity contribution in [2.45, 2.75) is 119 Å². The van der Waals surface area contributed by atoms with E-state index in [0.717, 1.165) is 48.1 Å². The van der Waals surface area contributed by atoms with Gasteiger partial charge in [0.05, 0.1) is 0 Å². The molecule has 1 aliphatic rings. The number of benzene rings is 3. The fourth-order valence-corrected chi connectivity index (χ4v) is 7.96. The molecule has 0 bridgehead atoms. The summed E-state index contributed by atoms with van der Waals surface area (Å²) < 4.78 is 8.68. The number of hydrogen-bond donors (Lipinski definition) is 1. The molecule has 1 radical (unpaired) electrons. The van der Waals surface area contributed by atoms with E-state index in [2.05, 4.69) is 89.2 Å². The maximum atomic E-state index is 12.2. The average molecular weight is 869 g/mol. The van der Waals surface area contributed by atoms with E-state index in [9.17, 15) is 9.90 Å². The molecule has 1 aliphatic heterocycles. The van der Waals surface area contributed by atoms with Crippen molar-refractivity contribution in [1.29, 1.82) is 0 Å². The Kier molecular flexibility index (Phi) is 12.1. The van der Waals surface area contributed by atoms with E-state index >= 15 is 0 Å². The monoisotopic (exact) mass is 869 g/mol. The SMILES string of the molecule is CC1Oc2ccc3sc4c(-c5[c-]c6ccccc6c(C(C)(C)C)c5)nccc4c3c2C1C.CCC(C)(CC)C(=O)/C=C(\O)C(C)(CC)CC.[Ir]. The molecule has 3 heterocycles. The molecule has 5 aromatic rings. The number of rotatable bonds is 8. The van der Waals surface area contributed by atoms with Crippen molar-refractivity contribution in [3.05, 3.63) is 83.8 Å². The van der Waals surface area contributed by atoms with Crippen LogP contribution in [0.1, 0.15) is 119 Å². The number of aliphatic hydroxyl groups excluding tert-OH is 1. The summed E-state index contributed by atoms with van der Waals surface area (Å²) in [5, 5.41) is 15.2. The van der Waals surface area contributed by atoms with Crippen LogP contribution in [0, 0.1) is 16.9 Å². The Hall–Kier alpha value is -3.05. The summed E-state index contributed by atoms with van der Waals surface area (Å²) in [6.07, 6.45) is 6.91. The van der Waals surface area contributed by atoms with Crippen LogP contribution in [-0.4, -0.2) is 22.0 Å². The van der Waals surface area contributed by atoms with Gasteiger partial charge in [-0.15, -0.1) is 40.5 Å². The molecule has 50 heavy (non-hydrogen) atoms. The van der Waals surface area contributed by atoms with Crippen molar-refractivity contribution < 1.29 is 34.7 Å². The number of nitrogens with zero attached hydrogens (tertiary/aromatic N) is 1. The first-order chi connectivity index (χ1) is 23.1. The molecule has 269 valence electrons. The maximum absolute atomic E-state index is 12.2. The summed E-state index contributed by atoms with van der Waals surface area (Å²) in [5.41, 5.74) is 4.19. The number of aromatic nitrogens is 1. The quantitative estimate of drug-likeness (QED) is 0.0959. The second-order valence-corrected chi connectivity index (χ2v) is 16.5. The Labute approximate surface area is 317 Å². The Balaban J connectivity index is 0.000000269. The van der Waals surface area contributed by atoms with Crippen molar-refractivity contribution in [3.8, 4) is 17.0 Å². The van der Waals surface area contributed by atoms with E-state index in [4.69, 9.17) is 9.72 Å². The number of thiophene rings is 1. The molecule has 4 nitrogen and oxygen atoms in total. The average Bonchev–Trinajstić information content (AvgIpc) is 3.62. The van der Waals surface area contributed by atoms with E-state index < -0.39 is 0 Å². The minimum absolute atomic E-state index is 0. The van der Waals surface area contributed by atoms with Gasteiger partial charge in [-0.2, -0.15) is 0 Å². The Morgan fingerprint density at radius 3 is 2.18 bits per heavy atom. The van der Waals surface area contributed by atoms with Crippen LogP contribution >= 0.6 is 11.3 Å². The molecule has 0 spiro atoms. The minimum Gasteiger partial charge on any atom is -0.512 e. The van der Waals surface area contributed by atoms with E-state index in [-0.39, 0.29) is 54.0 Å². The molecule has 2 atom stereocenters. The van der Waals surface area contributed by atoms with Crippen molar-refractivity contribution in [3.63, 3.8) is 0 Å². The van der Waals surface area contributed by atoms with Crippen molar-refractivity contribution in [1.82, 2.24) is 4.98 Å². The fraction of sp³-hybridized carbons (Fsp3) is 0.455. The van der Waals surface area contributed by atoms with Crippen LogP contribution in [0.4, 0.5) is 0 Å². The summed E-state index contributed by atoms with van der Waals surface area (Å²) in [6, 6.07) is 21.1. The van der Waals surface area contributed by atoms with E-state index in [1.165, 1.54) is 42.8 Å². The minimum atomic E-state index is -0.337. The zero-order valence-corrected chi connectivity index (χ0v) is 34.9. The van der Waals surface area contributed by atoms with Crippen LogP contribution < -0.4 is 4.74 Å². The molecule has 1 N–H and O–H groups in total. The van der Waals surface area contributed by atoms with Gasteiger partial charge in [0.25, 0.3) is 0 Å². The Bertz CT molecular complexity index is 2030. The number of aliphatic hydroxyl groups is 1. The van der Waals surface area contributed by atoms with E-state index in [1.807, 2.05) is 59.1 Å². The predicted octanol–water partition coefficient (Wildman–Crippen LogP) is 12.9. The van der Waals surface area contributed by atoms with Crippen LogP contribution in [0.5, 0.6) is 5.75 Å². The van der Waals surface area contributed by atoms with Crippen LogP contribution in [0.25, 0.3) is 42.2 Å². The summed E-state index contributed by atoms with van der Waals surface area (Å²) in [4.78, 5) is 17.1. The van der Waals surface area contributed by atoms with Crippen molar-refractivity contribution in [2.75, 3.05) is 0 Å². The molecule has 3 aromatic carbocycles. The molecule has 6 heteroatoms. The number of pyridine rings is 1. The summed E-state index contributed by atoms with van der Waals surface area (Å²) >= 11 is 1.83. The first kappa shape index (κ1) is 39.7. The number of hydrogen-bond acceptors (Lipinski definition) is 5. The normalized spacial score (nSPS) is 16.5. The number of allylic oxidation sites excluding steroid dienone is 2. The largest absolute Gasteiger partial charge is 0.512 e. The van der Waals surface area contributed by atoms with E-state index in [1.54, 1.807) is 0 Å². The fourth-order valence-electron chi connectivity index (χ4n) is 6.75. The van der Waals surface area contributed by atoms with Crippen LogP contribution in [0.3, 0.4) is 0 Å². The van der Waals surface area contributed by atoms with Crippen molar-refractivity contribution >= 4 is 48.1 Å². The van der Waals surface area contributed by atoms with Crippen LogP contribution in [-0.2, 0) is 30.3 Å². The summed E-state index contributed by atoms with van der Waals surface area (Å²) in [6.45, 7) is 23.3. The standard InChI is InChI=1S/C29H26NOS.C15H28O2.Ir/c1-16-17(2)31-23-10-11-24-26(25(16)23)21-12-13-30-27(28(21)32-24)19-14-18-8-6-7-9-20(18)22(15-19)29(3,4)5;1-7-14(5,8-2)12(16)11-13(17)15(6,9-3)10-4;/h6-13,15-17H,1-5H3;11,16H,7-10H2,1-6H3;/q-1;;/b;12-11-;. The molecule has 0 fully saturated rings. The number of ether oxygens (including phenoxy) is 1. The number of carbonyl (C=O) groups excluding carboxylic acids is 1. The molecule has 0 amide bonds. The van der Waals surface area contributed by atoms with Crippen LogP contribution in [0.2, 0.25) is 0 Å². The van der Waals surface area contributed by atoms with Gasteiger partial charge < -0.3 is 9.84 Å². The Morgan fingerprint density at radius 2 is 1.56 bits per heavy atom. The number of fused-ring (bicyclic) bond motifs is 6.